The van der Waals surface area contributed by atoms with Gasteiger partial charge in [0, 0.05) is 17.2 Å². The minimum atomic E-state index is -0.593. The normalized spacial score (nSPS) is 26.2. The molecule has 1 heterocycles. The van der Waals surface area contributed by atoms with Gasteiger partial charge >= 0.3 is 0 Å². The maximum Gasteiger partial charge on any atom is 0.255 e. The molecule has 2 aliphatic carbocycles. The highest BCUT2D eigenvalue weighted by molar-refractivity contribution is 6.04. The first-order chi connectivity index (χ1) is 15.9. The smallest absolute Gasteiger partial charge is 0.255 e. The van der Waals surface area contributed by atoms with Crippen molar-refractivity contribution in [2.75, 3.05) is 5.32 Å². The average Bonchev–Trinajstić information content (AvgIpc) is 2.81. The summed E-state index contributed by atoms with van der Waals surface area (Å²) >= 11 is 0. The third-order valence-electron chi connectivity index (χ3n) is 7.86. The molecule has 0 bridgehead atoms. The molecule has 4 heteroatoms. The van der Waals surface area contributed by atoms with Crippen LogP contribution in [0.4, 0.5) is 5.69 Å². The van der Waals surface area contributed by atoms with Crippen molar-refractivity contribution in [2.45, 2.75) is 63.4 Å². The van der Waals surface area contributed by atoms with Gasteiger partial charge in [0.2, 0.25) is 0 Å². The molecule has 4 nitrogen and oxygen atoms in total. The molecule has 5 rings (SSSR count). The molecule has 2 aliphatic rings. The van der Waals surface area contributed by atoms with Gasteiger partial charge in [-0.3, -0.25) is 9.78 Å². The summed E-state index contributed by atoms with van der Waals surface area (Å²) in [5, 5.41) is 13.9. The topological polar surface area (TPSA) is 62.2 Å². The average molecular weight is 441 g/mol. The number of rotatable bonds is 4. The van der Waals surface area contributed by atoms with Gasteiger partial charge in [-0.25, -0.2) is 0 Å². The predicted octanol–water partition coefficient (Wildman–Crippen LogP) is 5.62. The molecule has 1 fully saturated rings. The molecule has 170 valence electrons. The lowest BCUT2D eigenvalue weighted by Gasteiger charge is -2.53. The van der Waals surface area contributed by atoms with Crippen LogP contribution in [0.1, 0.15) is 65.3 Å². The van der Waals surface area contributed by atoms with Crippen molar-refractivity contribution < 1.29 is 9.90 Å². The zero-order valence-corrected chi connectivity index (χ0v) is 19.5. The number of pyridine rings is 1. The van der Waals surface area contributed by atoms with Crippen molar-refractivity contribution in [3.05, 3.63) is 94.8 Å². The largest absolute Gasteiger partial charge is 0.390 e. The fourth-order valence-corrected chi connectivity index (χ4v) is 6.11. The summed E-state index contributed by atoms with van der Waals surface area (Å²) in [5.74, 6) is 0.339. The minimum Gasteiger partial charge on any atom is -0.390 e. The Kier molecular flexibility index (Phi) is 5.57. The summed E-state index contributed by atoms with van der Waals surface area (Å²) < 4.78 is 0. The van der Waals surface area contributed by atoms with Crippen LogP contribution >= 0.6 is 0 Å². The van der Waals surface area contributed by atoms with Crippen LogP contribution in [0.5, 0.6) is 0 Å². The highest BCUT2D eigenvalue weighted by Gasteiger charge is 2.50. The number of carbonyl (C=O) groups is 1. The Morgan fingerprint density at radius 3 is 2.73 bits per heavy atom. The Balaban J connectivity index is 1.49. The number of nitrogens with one attached hydrogen (secondary N) is 1. The van der Waals surface area contributed by atoms with Crippen molar-refractivity contribution >= 4 is 11.6 Å². The Hall–Kier alpha value is -2.98. The van der Waals surface area contributed by atoms with Crippen LogP contribution in [0.2, 0.25) is 0 Å². The number of aryl methyl sites for hydroxylation is 2. The van der Waals surface area contributed by atoms with Crippen molar-refractivity contribution in [1.29, 1.82) is 0 Å². The third kappa shape index (κ3) is 4.20. The number of nitrogens with zero attached hydrogens (tertiary/aromatic N) is 1. The van der Waals surface area contributed by atoms with Crippen LogP contribution < -0.4 is 5.32 Å². The standard InChI is InChI=1S/C29H32N2O2/c1-20-26(9-6-16-30-20)31-27(32)23-11-13-25-22(17-23)10-12-24-19-28(2,33)14-15-29(24,25)18-21-7-4-3-5-8-21/h3-9,11,13,16-17,24,33H,10,12,14-15,18-19H2,1-2H3,(H,31,32)/t24-,28-,29+/m1/s1. The monoisotopic (exact) mass is 440 g/mol. The van der Waals surface area contributed by atoms with E-state index in [9.17, 15) is 9.90 Å². The third-order valence-corrected chi connectivity index (χ3v) is 7.86. The molecular weight excluding hydrogens is 408 g/mol. The van der Waals surface area contributed by atoms with E-state index in [1.807, 2.05) is 32.0 Å². The van der Waals surface area contributed by atoms with Crippen molar-refractivity contribution in [2.24, 2.45) is 5.92 Å². The van der Waals surface area contributed by atoms with Gasteiger partial charge in [-0.05, 0) is 99.2 Å². The lowest BCUT2D eigenvalue weighted by molar-refractivity contribution is -0.0366. The second-order valence-corrected chi connectivity index (χ2v) is 10.2. The summed E-state index contributed by atoms with van der Waals surface area (Å²) in [7, 11) is 0. The highest BCUT2D eigenvalue weighted by atomic mass is 16.3. The second kappa shape index (κ2) is 8.42. The van der Waals surface area contributed by atoms with E-state index in [1.165, 1.54) is 16.7 Å². The van der Waals surface area contributed by atoms with Gasteiger partial charge in [0.25, 0.3) is 5.91 Å². The number of fused-ring (bicyclic) bond motifs is 3. The molecule has 0 unspecified atom stereocenters. The maximum absolute atomic E-state index is 13.0. The molecule has 33 heavy (non-hydrogen) atoms. The Bertz CT molecular complexity index is 1170. The quantitative estimate of drug-likeness (QED) is 0.553. The molecule has 0 aliphatic heterocycles. The van der Waals surface area contributed by atoms with Crippen LogP contribution in [-0.4, -0.2) is 21.6 Å². The highest BCUT2D eigenvalue weighted by Crippen LogP contribution is 2.54. The van der Waals surface area contributed by atoms with Crippen molar-refractivity contribution in [3.8, 4) is 0 Å². The van der Waals surface area contributed by atoms with Crippen LogP contribution in [0.15, 0.2) is 66.9 Å². The van der Waals surface area contributed by atoms with Crippen molar-refractivity contribution in [3.63, 3.8) is 0 Å². The van der Waals surface area contributed by atoms with Crippen molar-refractivity contribution in [1.82, 2.24) is 4.98 Å². The number of amides is 1. The molecule has 0 spiro atoms. The van der Waals surface area contributed by atoms with Gasteiger partial charge in [0.15, 0.2) is 0 Å². The molecule has 1 amide bonds. The van der Waals surface area contributed by atoms with Gasteiger partial charge in [-0.15, -0.1) is 0 Å². The Morgan fingerprint density at radius 2 is 1.94 bits per heavy atom. The summed E-state index contributed by atoms with van der Waals surface area (Å²) in [6.07, 6.45) is 7.30. The molecule has 1 saturated carbocycles. The Morgan fingerprint density at radius 1 is 1.12 bits per heavy atom. The van der Waals surface area contributed by atoms with E-state index in [2.05, 4.69) is 52.8 Å². The lowest BCUT2D eigenvalue weighted by Crippen LogP contribution is -2.50. The van der Waals surface area contributed by atoms with Gasteiger partial charge in [0.05, 0.1) is 17.0 Å². The van der Waals surface area contributed by atoms with E-state index >= 15 is 0 Å². The van der Waals surface area contributed by atoms with Gasteiger partial charge < -0.3 is 10.4 Å². The first-order valence-corrected chi connectivity index (χ1v) is 12.0. The van der Waals surface area contributed by atoms with Crippen LogP contribution in [0, 0.1) is 12.8 Å². The molecule has 3 atom stereocenters. The SMILES string of the molecule is Cc1ncccc1NC(=O)c1ccc2c(c1)CC[C@@H]1C[C@](C)(O)CC[C@@]21Cc1ccccc1. The fraction of sp³-hybridized carbons (Fsp3) is 0.379. The zero-order chi connectivity index (χ0) is 23.1. The summed E-state index contributed by atoms with van der Waals surface area (Å²) in [5.41, 5.74) is 5.64. The Labute approximate surface area is 196 Å². The zero-order valence-electron chi connectivity index (χ0n) is 19.5. The van der Waals surface area contributed by atoms with Crippen LogP contribution in [-0.2, 0) is 18.3 Å². The number of carbonyl (C=O) groups excluding carboxylic acids is 1. The van der Waals surface area contributed by atoms with E-state index < -0.39 is 5.60 Å². The van der Waals surface area contributed by atoms with E-state index in [-0.39, 0.29) is 11.3 Å². The number of aromatic nitrogens is 1. The number of benzene rings is 2. The van der Waals surface area contributed by atoms with Gasteiger partial charge in [-0.2, -0.15) is 0 Å². The molecule has 2 aromatic carbocycles. The fourth-order valence-electron chi connectivity index (χ4n) is 6.11. The van der Waals surface area contributed by atoms with E-state index in [0.717, 1.165) is 49.9 Å². The molecule has 0 radical (unpaired) electrons. The molecule has 1 aromatic heterocycles. The van der Waals surface area contributed by atoms with Gasteiger partial charge in [-0.1, -0.05) is 36.4 Å². The van der Waals surface area contributed by atoms with E-state index in [4.69, 9.17) is 0 Å². The minimum absolute atomic E-state index is 0.00607. The number of hydrogen-bond donors (Lipinski definition) is 2. The molecule has 3 aromatic rings. The molecule has 2 N–H and O–H groups in total. The summed E-state index contributed by atoms with van der Waals surface area (Å²) in [6.45, 7) is 3.89. The number of aliphatic hydroxyl groups is 1. The lowest BCUT2D eigenvalue weighted by atomic mass is 9.53. The predicted molar refractivity (Wildman–Crippen MR) is 131 cm³/mol. The maximum atomic E-state index is 13.0. The number of anilines is 1. The molecular formula is C29H32N2O2. The van der Waals surface area contributed by atoms with Gasteiger partial charge in [0.1, 0.15) is 0 Å². The molecule has 0 saturated heterocycles. The van der Waals surface area contributed by atoms with Crippen LogP contribution in [0.25, 0.3) is 0 Å². The van der Waals surface area contributed by atoms with E-state index in [0.29, 0.717) is 11.5 Å². The summed E-state index contributed by atoms with van der Waals surface area (Å²) in [4.78, 5) is 17.3. The second-order valence-electron chi connectivity index (χ2n) is 10.2. The first kappa shape index (κ1) is 21.8. The van der Waals surface area contributed by atoms with E-state index in [1.54, 1.807) is 6.20 Å². The van der Waals surface area contributed by atoms with Crippen LogP contribution in [0.3, 0.4) is 0 Å². The first-order valence-electron chi connectivity index (χ1n) is 12.0. The summed E-state index contributed by atoms with van der Waals surface area (Å²) in [6, 6.07) is 20.7. The number of hydrogen-bond acceptors (Lipinski definition) is 3.